The van der Waals surface area contributed by atoms with Crippen LogP contribution in [-0.4, -0.2) is 19.0 Å². The Hall–Kier alpha value is -1.85. The van der Waals surface area contributed by atoms with Gasteiger partial charge in [0, 0.05) is 0 Å². The van der Waals surface area contributed by atoms with Crippen LogP contribution in [0.3, 0.4) is 0 Å². The fraction of sp³-hybridized carbons (Fsp3) is 0.136. The molecular weight excluding hydrogens is 385 g/mol. The van der Waals surface area contributed by atoms with Crippen LogP contribution in [0.2, 0.25) is 0 Å². The molecule has 0 saturated heterocycles. The fourth-order valence-electron chi connectivity index (χ4n) is 2.75. The van der Waals surface area contributed by atoms with E-state index >= 15 is 0 Å². The first-order chi connectivity index (χ1) is 11.2. The van der Waals surface area contributed by atoms with Gasteiger partial charge in [0.1, 0.15) is 0 Å². The molecule has 0 amide bonds. The summed E-state index contributed by atoms with van der Waals surface area (Å²) in [6.07, 6.45) is 3.61. The van der Waals surface area contributed by atoms with Gasteiger partial charge in [-0.15, -0.1) is 23.3 Å². The molecule has 3 aromatic carbocycles. The second-order valence-corrected chi connectivity index (χ2v) is 5.93. The molecule has 3 aromatic rings. The van der Waals surface area contributed by atoms with Gasteiger partial charge in [-0.3, -0.25) is 0 Å². The molecule has 0 aliphatic rings. The van der Waals surface area contributed by atoms with Crippen LogP contribution in [0, 0.1) is 6.08 Å². The molecule has 0 saturated carbocycles. The predicted molar refractivity (Wildman–Crippen MR) is 97.2 cm³/mol. The van der Waals surface area contributed by atoms with Crippen molar-refractivity contribution in [1.82, 2.24) is 4.90 Å². The van der Waals surface area contributed by atoms with E-state index in [9.17, 15) is 0 Å². The van der Waals surface area contributed by atoms with Crippen molar-refractivity contribution in [2.24, 2.45) is 0 Å². The molecule has 2 heteroatoms. The van der Waals surface area contributed by atoms with Crippen LogP contribution in [0.15, 0.2) is 78.9 Å². The number of hydrogen-bond donors (Lipinski definition) is 0. The van der Waals surface area contributed by atoms with Crippen LogP contribution in [-0.2, 0) is 27.0 Å². The zero-order valence-corrected chi connectivity index (χ0v) is 15.5. The van der Waals surface area contributed by atoms with Crippen molar-refractivity contribution < 1.29 is 20.4 Å². The van der Waals surface area contributed by atoms with Gasteiger partial charge in [0.15, 0.2) is 0 Å². The largest absolute Gasteiger partial charge is 2.00 e. The van der Waals surface area contributed by atoms with Crippen molar-refractivity contribution in [1.29, 1.82) is 0 Å². The average molecular weight is 406 g/mol. The van der Waals surface area contributed by atoms with Gasteiger partial charge >= 0.3 is 20.4 Å². The molecule has 124 valence electrons. The summed E-state index contributed by atoms with van der Waals surface area (Å²) in [6, 6.07) is 27.4. The summed E-state index contributed by atoms with van der Waals surface area (Å²) in [5.74, 6) is 0. The van der Waals surface area contributed by atoms with Gasteiger partial charge in [-0.25, -0.2) is 11.6 Å². The summed E-state index contributed by atoms with van der Waals surface area (Å²) in [5, 5.41) is 0. The SMILES string of the molecule is CN(C)C[c-]1cccc1C(=[C-]c1ccccc1)c1ccccc1.[Pd+2]. The van der Waals surface area contributed by atoms with Crippen molar-refractivity contribution in [2.45, 2.75) is 6.54 Å². The molecule has 0 bridgehead atoms. The van der Waals surface area contributed by atoms with Crippen molar-refractivity contribution in [3.05, 3.63) is 107 Å². The van der Waals surface area contributed by atoms with Gasteiger partial charge in [-0.05, 0) is 20.6 Å². The number of benzene rings is 2. The molecule has 0 unspecified atom stereocenters. The fourth-order valence-corrected chi connectivity index (χ4v) is 2.75. The minimum absolute atomic E-state index is 0. The van der Waals surface area contributed by atoms with E-state index < -0.39 is 0 Å². The van der Waals surface area contributed by atoms with E-state index in [1.807, 2.05) is 6.07 Å². The quantitative estimate of drug-likeness (QED) is 0.336. The number of hydrogen-bond acceptors (Lipinski definition) is 1. The van der Waals surface area contributed by atoms with E-state index in [1.165, 1.54) is 16.7 Å². The second-order valence-electron chi connectivity index (χ2n) is 5.93. The van der Waals surface area contributed by atoms with Gasteiger partial charge in [0.25, 0.3) is 0 Å². The van der Waals surface area contributed by atoms with Crippen LogP contribution < -0.4 is 0 Å². The van der Waals surface area contributed by atoms with Crippen LogP contribution in [0.5, 0.6) is 0 Å². The van der Waals surface area contributed by atoms with E-state index in [2.05, 4.69) is 97.9 Å². The predicted octanol–water partition coefficient (Wildman–Crippen LogP) is 4.75. The van der Waals surface area contributed by atoms with Gasteiger partial charge in [0.2, 0.25) is 0 Å². The normalized spacial score (nSPS) is 11.4. The summed E-state index contributed by atoms with van der Waals surface area (Å²) in [7, 11) is 4.20. The Bertz CT molecular complexity index is 770. The summed E-state index contributed by atoms with van der Waals surface area (Å²) < 4.78 is 0. The standard InChI is InChI=1S/C22H21N.Pd/c1-23(2)17-20-14-9-15-21(20)22(19-12-7-4-8-13-19)16-18-10-5-3-6-11-18;/h3-15H,17H2,1-2H3;/q-2;+2. The summed E-state index contributed by atoms with van der Waals surface area (Å²) in [5.41, 5.74) is 6.04. The third-order valence-corrected chi connectivity index (χ3v) is 3.77. The van der Waals surface area contributed by atoms with Crippen molar-refractivity contribution >= 4 is 5.57 Å². The van der Waals surface area contributed by atoms with E-state index in [-0.39, 0.29) is 20.4 Å². The molecule has 0 spiro atoms. The molecule has 0 N–H and O–H groups in total. The molecule has 0 atom stereocenters. The van der Waals surface area contributed by atoms with Crippen LogP contribution >= 0.6 is 0 Å². The Kier molecular flexibility index (Phi) is 6.82. The van der Waals surface area contributed by atoms with Gasteiger partial charge in [-0.1, -0.05) is 48.5 Å². The van der Waals surface area contributed by atoms with Crippen molar-refractivity contribution in [3.63, 3.8) is 0 Å². The van der Waals surface area contributed by atoms with Crippen LogP contribution in [0.25, 0.3) is 5.57 Å². The Morgan fingerprint density at radius 1 is 0.875 bits per heavy atom. The maximum atomic E-state index is 3.61. The Morgan fingerprint density at radius 3 is 2.12 bits per heavy atom. The Balaban J connectivity index is 0.00000208. The summed E-state index contributed by atoms with van der Waals surface area (Å²) in [4.78, 5) is 2.20. The zero-order valence-electron chi connectivity index (χ0n) is 14.0. The number of nitrogens with zero attached hydrogens (tertiary/aromatic N) is 1. The molecule has 0 radical (unpaired) electrons. The van der Waals surface area contributed by atoms with E-state index in [0.717, 1.165) is 17.7 Å². The molecule has 0 aromatic heterocycles. The summed E-state index contributed by atoms with van der Waals surface area (Å²) >= 11 is 0. The molecule has 0 aliphatic heterocycles. The van der Waals surface area contributed by atoms with Crippen LogP contribution in [0.1, 0.15) is 22.3 Å². The Labute approximate surface area is 158 Å². The molecule has 0 aliphatic carbocycles. The molecule has 24 heavy (non-hydrogen) atoms. The maximum absolute atomic E-state index is 3.61. The average Bonchev–Trinajstić information content (AvgIpc) is 3.01. The molecule has 1 nitrogen and oxygen atoms in total. The minimum Gasteiger partial charge on any atom is -0.314 e. The first kappa shape index (κ1) is 18.5. The zero-order chi connectivity index (χ0) is 16.1. The van der Waals surface area contributed by atoms with Crippen LogP contribution in [0.4, 0.5) is 0 Å². The van der Waals surface area contributed by atoms with Crippen molar-refractivity contribution in [2.75, 3.05) is 14.1 Å². The third-order valence-electron chi connectivity index (χ3n) is 3.77. The van der Waals surface area contributed by atoms with Gasteiger partial charge in [-0.2, -0.15) is 29.3 Å². The molecule has 0 heterocycles. The molecule has 3 rings (SSSR count). The first-order valence-corrected chi connectivity index (χ1v) is 7.88. The summed E-state index contributed by atoms with van der Waals surface area (Å²) in [6.45, 7) is 0.926. The van der Waals surface area contributed by atoms with E-state index in [0.29, 0.717) is 0 Å². The molecule has 0 fully saturated rings. The third kappa shape index (κ3) is 4.59. The van der Waals surface area contributed by atoms with Gasteiger partial charge < -0.3 is 4.90 Å². The molecular formula is C22H21NPd. The minimum atomic E-state index is 0. The number of rotatable bonds is 5. The monoisotopic (exact) mass is 405 g/mol. The Morgan fingerprint density at radius 2 is 1.50 bits per heavy atom. The second kappa shape index (κ2) is 8.85. The topological polar surface area (TPSA) is 3.24 Å². The van der Waals surface area contributed by atoms with Gasteiger partial charge in [0.05, 0.1) is 0 Å². The first-order valence-electron chi connectivity index (χ1n) is 7.88. The van der Waals surface area contributed by atoms with E-state index in [4.69, 9.17) is 0 Å². The smallest absolute Gasteiger partial charge is 0.314 e. The maximum Gasteiger partial charge on any atom is 2.00 e. The van der Waals surface area contributed by atoms with Crippen molar-refractivity contribution in [3.8, 4) is 0 Å². The van der Waals surface area contributed by atoms with E-state index in [1.54, 1.807) is 0 Å².